The number of benzene rings is 1. The monoisotopic (exact) mass is 467 g/mol. The number of nitrogens with one attached hydrogen (secondary N) is 1. The van der Waals surface area contributed by atoms with Crippen molar-refractivity contribution in [2.24, 2.45) is 0 Å². The molecule has 28 heavy (non-hydrogen) atoms. The first-order chi connectivity index (χ1) is 13.4. The highest BCUT2D eigenvalue weighted by molar-refractivity contribution is 9.10. The number of hydrogen-bond donors (Lipinski definition) is 1. The van der Waals surface area contributed by atoms with Crippen molar-refractivity contribution in [1.82, 2.24) is 10.1 Å². The van der Waals surface area contributed by atoms with Crippen LogP contribution in [0, 0.1) is 6.92 Å². The molecule has 1 aliphatic rings. The normalized spacial score (nSPS) is 18.0. The molecule has 3 rings (SSSR count). The molecule has 0 radical (unpaired) electrons. The van der Waals surface area contributed by atoms with Gasteiger partial charge in [-0.2, -0.15) is 0 Å². The van der Waals surface area contributed by atoms with Crippen molar-refractivity contribution in [1.29, 1.82) is 0 Å². The Morgan fingerprint density at radius 1 is 1.39 bits per heavy atom. The van der Waals surface area contributed by atoms with E-state index in [0.29, 0.717) is 31.3 Å². The van der Waals surface area contributed by atoms with E-state index in [1.54, 1.807) is 24.8 Å². The van der Waals surface area contributed by atoms with E-state index in [-0.39, 0.29) is 28.9 Å². The van der Waals surface area contributed by atoms with E-state index in [9.17, 15) is 9.59 Å². The van der Waals surface area contributed by atoms with Crippen LogP contribution in [0.3, 0.4) is 0 Å². The molecular weight excluding hydrogens is 446 g/mol. The molecule has 1 aliphatic heterocycles. The van der Waals surface area contributed by atoms with Crippen LogP contribution in [0.25, 0.3) is 0 Å². The minimum absolute atomic E-state index is 0.00680. The predicted octanol–water partition coefficient (Wildman–Crippen LogP) is 3.41. The Morgan fingerprint density at radius 2 is 2.14 bits per heavy atom. The van der Waals surface area contributed by atoms with E-state index in [1.807, 2.05) is 24.3 Å². The maximum absolute atomic E-state index is 12.6. The van der Waals surface area contributed by atoms with Crippen molar-refractivity contribution in [3.8, 4) is 0 Å². The fourth-order valence-electron chi connectivity index (χ4n) is 2.77. The van der Waals surface area contributed by atoms with Gasteiger partial charge in [0.25, 0.3) is 0 Å². The van der Waals surface area contributed by atoms with Crippen molar-refractivity contribution in [2.45, 2.75) is 25.2 Å². The second-order valence-corrected chi connectivity index (χ2v) is 8.76. The summed E-state index contributed by atoms with van der Waals surface area (Å²) in [6.07, 6.45) is -0.132. The molecule has 2 unspecified atom stereocenters. The topological polar surface area (TPSA) is 84.7 Å². The summed E-state index contributed by atoms with van der Waals surface area (Å²) in [4.78, 5) is 26.6. The second kappa shape index (κ2) is 9.58. The lowest BCUT2D eigenvalue weighted by Gasteiger charge is -2.33. The molecule has 2 atom stereocenters. The average molecular weight is 468 g/mol. The number of amides is 2. The van der Waals surface area contributed by atoms with Crippen LogP contribution in [0.5, 0.6) is 0 Å². The maximum atomic E-state index is 12.6. The Balaban J connectivity index is 1.48. The molecule has 0 bridgehead atoms. The number of ether oxygens (including phenoxy) is 1. The third kappa shape index (κ3) is 5.59. The molecule has 0 aliphatic carbocycles. The van der Waals surface area contributed by atoms with Crippen molar-refractivity contribution in [3.05, 3.63) is 46.1 Å². The third-order valence-electron chi connectivity index (χ3n) is 4.37. The van der Waals surface area contributed by atoms with Gasteiger partial charge in [-0.3, -0.25) is 9.59 Å². The summed E-state index contributed by atoms with van der Waals surface area (Å²) in [6.45, 7) is 5.09. The number of aromatic nitrogens is 1. The van der Waals surface area contributed by atoms with Crippen LogP contribution in [0.1, 0.15) is 24.4 Å². The SMILES string of the molecule is Cc1cc(NC(=O)C(C)SCC(=O)N2CCOC(c3ccc(Br)cc3)C2)no1. The van der Waals surface area contributed by atoms with Gasteiger partial charge in [0.15, 0.2) is 5.82 Å². The summed E-state index contributed by atoms with van der Waals surface area (Å²) in [5.41, 5.74) is 1.05. The van der Waals surface area contributed by atoms with Crippen LogP contribution < -0.4 is 5.32 Å². The Kier molecular flexibility index (Phi) is 7.14. The number of hydrogen-bond acceptors (Lipinski definition) is 6. The van der Waals surface area contributed by atoms with Gasteiger partial charge in [0, 0.05) is 17.1 Å². The van der Waals surface area contributed by atoms with Gasteiger partial charge < -0.3 is 19.5 Å². The number of morpholine rings is 1. The minimum Gasteiger partial charge on any atom is -0.370 e. The number of rotatable bonds is 6. The molecule has 1 saturated heterocycles. The van der Waals surface area contributed by atoms with E-state index >= 15 is 0 Å². The van der Waals surface area contributed by atoms with Crippen LogP contribution in [-0.2, 0) is 14.3 Å². The number of aryl methyl sites for hydroxylation is 1. The highest BCUT2D eigenvalue weighted by Gasteiger charge is 2.26. The van der Waals surface area contributed by atoms with Gasteiger partial charge in [0.2, 0.25) is 11.8 Å². The van der Waals surface area contributed by atoms with Gasteiger partial charge in [-0.25, -0.2) is 0 Å². The molecule has 1 aromatic carbocycles. The lowest BCUT2D eigenvalue weighted by molar-refractivity contribution is -0.136. The summed E-state index contributed by atoms with van der Waals surface area (Å²) in [5, 5.41) is 6.04. The number of anilines is 1. The van der Waals surface area contributed by atoms with Crippen molar-refractivity contribution >= 4 is 45.3 Å². The van der Waals surface area contributed by atoms with E-state index in [2.05, 4.69) is 26.4 Å². The van der Waals surface area contributed by atoms with Crippen LogP contribution in [-0.4, -0.2) is 52.6 Å². The zero-order valence-corrected chi connectivity index (χ0v) is 18.1. The first kappa shape index (κ1) is 20.9. The quantitative estimate of drug-likeness (QED) is 0.700. The summed E-state index contributed by atoms with van der Waals surface area (Å²) in [7, 11) is 0. The van der Waals surface area contributed by atoms with Gasteiger partial charge in [0.1, 0.15) is 11.9 Å². The third-order valence-corrected chi connectivity index (χ3v) is 6.02. The Bertz CT molecular complexity index is 827. The van der Waals surface area contributed by atoms with Crippen LogP contribution in [0.15, 0.2) is 39.3 Å². The Morgan fingerprint density at radius 3 is 2.82 bits per heavy atom. The fourth-order valence-corrected chi connectivity index (χ4v) is 3.82. The molecule has 9 heteroatoms. The van der Waals surface area contributed by atoms with E-state index in [0.717, 1.165) is 10.0 Å². The van der Waals surface area contributed by atoms with Gasteiger partial charge in [-0.1, -0.05) is 33.2 Å². The Hall–Kier alpha value is -1.84. The van der Waals surface area contributed by atoms with Gasteiger partial charge in [-0.15, -0.1) is 11.8 Å². The first-order valence-electron chi connectivity index (χ1n) is 8.93. The minimum atomic E-state index is -0.385. The van der Waals surface area contributed by atoms with Crippen molar-refractivity contribution in [3.63, 3.8) is 0 Å². The molecule has 2 amide bonds. The second-order valence-electron chi connectivity index (χ2n) is 6.52. The fraction of sp³-hybridized carbons (Fsp3) is 0.421. The molecule has 7 nitrogen and oxygen atoms in total. The summed E-state index contributed by atoms with van der Waals surface area (Å²) < 4.78 is 11.8. The Labute approximate surface area is 176 Å². The molecule has 1 fully saturated rings. The predicted molar refractivity (Wildman–Crippen MR) is 111 cm³/mol. The van der Waals surface area contributed by atoms with E-state index in [4.69, 9.17) is 9.26 Å². The zero-order valence-electron chi connectivity index (χ0n) is 15.7. The standard InChI is InChI=1S/C19H22BrN3O4S/c1-12-9-17(22-27-12)21-19(25)13(2)28-11-18(24)23-7-8-26-16(10-23)14-3-5-15(20)6-4-14/h3-6,9,13,16H,7-8,10-11H2,1-2H3,(H,21,22,25). The van der Waals surface area contributed by atoms with Gasteiger partial charge in [0.05, 0.1) is 24.2 Å². The summed E-state index contributed by atoms with van der Waals surface area (Å²) >= 11 is 4.72. The number of carbonyl (C=O) groups is 2. The molecular formula is C19H22BrN3O4S. The van der Waals surface area contributed by atoms with Crippen LogP contribution >= 0.6 is 27.7 Å². The van der Waals surface area contributed by atoms with Crippen molar-refractivity contribution < 1.29 is 18.8 Å². The smallest absolute Gasteiger partial charge is 0.238 e. The molecule has 0 spiro atoms. The number of thioether (sulfide) groups is 1. The molecule has 0 saturated carbocycles. The van der Waals surface area contributed by atoms with Crippen LogP contribution in [0.2, 0.25) is 0 Å². The maximum Gasteiger partial charge on any atom is 0.238 e. The molecule has 150 valence electrons. The molecule has 2 aromatic rings. The van der Waals surface area contributed by atoms with Crippen molar-refractivity contribution in [2.75, 3.05) is 30.8 Å². The van der Waals surface area contributed by atoms with Gasteiger partial charge in [-0.05, 0) is 31.5 Å². The zero-order chi connectivity index (χ0) is 20.1. The highest BCUT2D eigenvalue weighted by Crippen LogP contribution is 2.24. The average Bonchev–Trinajstić information content (AvgIpc) is 3.11. The summed E-state index contributed by atoms with van der Waals surface area (Å²) in [6, 6.07) is 9.57. The van der Waals surface area contributed by atoms with Gasteiger partial charge >= 0.3 is 0 Å². The number of nitrogens with zero attached hydrogens (tertiary/aromatic N) is 2. The lowest BCUT2D eigenvalue weighted by atomic mass is 10.1. The van der Waals surface area contributed by atoms with Crippen LogP contribution in [0.4, 0.5) is 5.82 Å². The summed E-state index contributed by atoms with van der Waals surface area (Å²) in [5.74, 6) is 1.04. The number of halogens is 1. The molecule has 1 N–H and O–H groups in total. The molecule has 1 aromatic heterocycles. The first-order valence-corrected chi connectivity index (χ1v) is 10.8. The largest absolute Gasteiger partial charge is 0.370 e. The van der Waals surface area contributed by atoms with E-state index in [1.165, 1.54) is 11.8 Å². The lowest BCUT2D eigenvalue weighted by Crippen LogP contribution is -2.43. The molecule has 2 heterocycles. The number of carbonyl (C=O) groups excluding carboxylic acids is 2. The van der Waals surface area contributed by atoms with E-state index < -0.39 is 0 Å². The highest BCUT2D eigenvalue weighted by atomic mass is 79.9.